The fourth-order valence-electron chi connectivity index (χ4n) is 1.99. The van der Waals surface area contributed by atoms with Gasteiger partial charge in [0.25, 0.3) is 0 Å². The molecule has 0 saturated heterocycles. The molecule has 4 heteroatoms. The van der Waals surface area contributed by atoms with Gasteiger partial charge in [0, 0.05) is 21.8 Å². The van der Waals surface area contributed by atoms with Crippen LogP contribution in [-0.4, -0.2) is 6.54 Å². The zero-order valence-corrected chi connectivity index (χ0v) is 12.3. The molecule has 0 bridgehead atoms. The first-order valence-corrected chi connectivity index (χ1v) is 7.35. The number of fused-ring (bicyclic) bond motifs is 1. The Hall–Kier alpha value is -0.280. The molecule has 1 nitrogen and oxygen atoms in total. The van der Waals surface area contributed by atoms with Crippen molar-refractivity contribution < 1.29 is 0 Å². The lowest BCUT2D eigenvalue weighted by Crippen LogP contribution is -2.11. The minimum absolute atomic E-state index is 0.798. The van der Waals surface area contributed by atoms with Crippen molar-refractivity contribution in [1.82, 2.24) is 5.32 Å². The zero-order valence-electron chi connectivity index (χ0n) is 9.94. The topological polar surface area (TPSA) is 12.0 Å². The number of benzene rings is 1. The third-order valence-corrected chi connectivity index (χ3v) is 4.82. The number of hydrogen-bond donors (Lipinski definition) is 1. The monoisotopic (exact) mass is 287 g/mol. The third kappa shape index (κ3) is 2.45. The van der Waals surface area contributed by atoms with Gasteiger partial charge in [0.1, 0.15) is 0 Å². The van der Waals surface area contributed by atoms with Crippen LogP contribution in [0.5, 0.6) is 0 Å². The highest BCUT2D eigenvalue weighted by Gasteiger charge is 2.15. The molecule has 0 radical (unpaired) electrons. The van der Waals surface area contributed by atoms with Crippen LogP contribution in [0.2, 0.25) is 10.0 Å². The van der Waals surface area contributed by atoms with Crippen LogP contribution < -0.4 is 5.32 Å². The first-order chi connectivity index (χ1) is 8.19. The maximum absolute atomic E-state index is 6.29. The Morgan fingerprint density at radius 3 is 2.53 bits per heavy atom. The molecule has 0 atom stereocenters. The van der Waals surface area contributed by atoms with E-state index in [0.29, 0.717) is 0 Å². The van der Waals surface area contributed by atoms with Crippen LogP contribution in [-0.2, 0) is 13.0 Å². The van der Waals surface area contributed by atoms with Crippen molar-refractivity contribution in [3.8, 4) is 0 Å². The van der Waals surface area contributed by atoms with Gasteiger partial charge in [0.2, 0.25) is 0 Å². The number of halogens is 2. The molecular formula is C13H15Cl2NS. The first kappa shape index (κ1) is 13.2. The summed E-state index contributed by atoms with van der Waals surface area (Å²) in [5, 5.41) is 6.11. The van der Waals surface area contributed by atoms with Crippen LogP contribution in [0.15, 0.2) is 12.1 Å². The van der Waals surface area contributed by atoms with Gasteiger partial charge in [-0.05, 0) is 30.7 Å². The quantitative estimate of drug-likeness (QED) is 0.845. The van der Waals surface area contributed by atoms with E-state index in [-0.39, 0.29) is 0 Å². The molecule has 92 valence electrons. The summed E-state index contributed by atoms with van der Waals surface area (Å²) >= 11 is 14.3. The molecule has 0 aliphatic rings. The maximum atomic E-state index is 6.29. The van der Waals surface area contributed by atoms with E-state index >= 15 is 0 Å². The molecule has 0 aliphatic heterocycles. The van der Waals surface area contributed by atoms with E-state index in [1.807, 2.05) is 12.1 Å². The van der Waals surface area contributed by atoms with Gasteiger partial charge >= 0.3 is 0 Å². The number of nitrogens with one attached hydrogen (secondary N) is 1. The van der Waals surface area contributed by atoms with Crippen molar-refractivity contribution in [2.45, 2.75) is 26.8 Å². The van der Waals surface area contributed by atoms with Crippen molar-refractivity contribution in [2.75, 3.05) is 6.54 Å². The minimum atomic E-state index is 0.798. The van der Waals surface area contributed by atoms with Gasteiger partial charge in [-0.1, -0.05) is 37.0 Å². The van der Waals surface area contributed by atoms with Crippen LogP contribution in [0.25, 0.3) is 10.1 Å². The summed E-state index contributed by atoms with van der Waals surface area (Å²) in [6.07, 6.45) is 0.987. The van der Waals surface area contributed by atoms with Crippen molar-refractivity contribution >= 4 is 44.6 Å². The van der Waals surface area contributed by atoms with E-state index < -0.39 is 0 Å². The lowest BCUT2D eigenvalue weighted by molar-refractivity contribution is 0.731. The molecule has 2 rings (SSSR count). The van der Waals surface area contributed by atoms with Gasteiger partial charge in [0.05, 0.1) is 9.72 Å². The van der Waals surface area contributed by atoms with Crippen LogP contribution in [0, 0.1) is 0 Å². The Kier molecular flexibility index (Phi) is 4.31. The Morgan fingerprint density at radius 1 is 1.18 bits per heavy atom. The van der Waals surface area contributed by atoms with Gasteiger partial charge < -0.3 is 5.32 Å². The highest BCUT2D eigenvalue weighted by Crippen LogP contribution is 2.40. The molecule has 0 aliphatic carbocycles. The molecule has 1 N–H and O–H groups in total. The molecule has 1 aromatic carbocycles. The number of hydrogen-bond acceptors (Lipinski definition) is 2. The van der Waals surface area contributed by atoms with E-state index in [1.54, 1.807) is 11.3 Å². The normalized spacial score (nSPS) is 11.3. The zero-order chi connectivity index (χ0) is 12.4. The molecule has 1 heterocycles. The molecule has 17 heavy (non-hydrogen) atoms. The fraction of sp³-hybridized carbons (Fsp3) is 0.385. The highest BCUT2D eigenvalue weighted by atomic mass is 35.5. The summed E-state index contributed by atoms with van der Waals surface area (Å²) < 4.78 is 1.11. The van der Waals surface area contributed by atoms with E-state index in [9.17, 15) is 0 Å². The number of rotatable bonds is 4. The lowest BCUT2D eigenvalue weighted by Gasteiger charge is -2.03. The third-order valence-electron chi connectivity index (χ3n) is 2.81. The van der Waals surface area contributed by atoms with Gasteiger partial charge in [-0.3, -0.25) is 0 Å². The van der Waals surface area contributed by atoms with Crippen molar-refractivity contribution in [2.24, 2.45) is 0 Å². The Balaban J connectivity index is 2.62. The SMILES string of the molecule is CCNCc1sc2c(Cl)ccc(Cl)c2c1CC. The molecule has 0 fully saturated rings. The summed E-state index contributed by atoms with van der Waals surface area (Å²) in [7, 11) is 0. The van der Waals surface area contributed by atoms with E-state index in [4.69, 9.17) is 23.2 Å². The molecule has 2 aromatic rings. The van der Waals surface area contributed by atoms with Crippen molar-refractivity contribution in [1.29, 1.82) is 0 Å². The lowest BCUT2D eigenvalue weighted by atomic mass is 10.1. The maximum Gasteiger partial charge on any atom is 0.0585 e. The average molecular weight is 288 g/mol. The van der Waals surface area contributed by atoms with Gasteiger partial charge in [-0.15, -0.1) is 11.3 Å². The van der Waals surface area contributed by atoms with Crippen LogP contribution >= 0.6 is 34.5 Å². The minimum Gasteiger partial charge on any atom is -0.312 e. The van der Waals surface area contributed by atoms with Crippen LogP contribution in [0.4, 0.5) is 0 Å². The summed E-state index contributed by atoms with van der Waals surface area (Å²) in [5.74, 6) is 0. The van der Waals surface area contributed by atoms with Crippen molar-refractivity contribution in [3.63, 3.8) is 0 Å². The Morgan fingerprint density at radius 2 is 1.88 bits per heavy atom. The van der Waals surface area contributed by atoms with E-state index in [0.717, 1.165) is 39.6 Å². The molecule has 0 spiro atoms. The highest BCUT2D eigenvalue weighted by molar-refractivity contribution is 7.20. The standard InChI is InChI=1S/C13H15Cl2NS/c1-3-8-11(7-16-4-2)17-13-10(15)6-5-9(14)12(8)13/h5-6,16H,3-4,7H2,1-2H3. The molecule has 0 amide bonds. The van der Waals surface area contributed by atoms with Crippen LogP contribution in [0.1, 0.15) is 24.3 Å². The predicted molar refractivity (Wildman–Crippen MR) is 78.6 cm³/mol. The fourth-order valence-corrected chi connectivity index (χ4v) is 3.89. The second-order valence-corrected chi connectivity index (χ2v) is 5.79. The van der Waals surface area contributed by atoms with E-state index in [2.05, 4.69) is 19.2 Å². The first-order valence-electron chi connectivity index (χ1n) is 5.78. The smallest absolute Gasteiger partial charge is 0.0585 e. The second-order valence-electron chi connectivity index (χ2n) is 3.87. The number of aryl methyl sites for hydroxylation is 1. The summed E-state index contributed by atoms with van der Waals surface area (Å²) in [4.78, 5) is 1.35. The van der Waals surface area contributed by atoms with Gasteiger partial charge in [0.15, 0.2) is 0 Å². The Bertz CT molecular complexity index is 534. The molecule has 0 saturated carbocycles. The van der Waals surface area contributed by atoms with Gasteiger partial charge in [-0.25, -0.2) is 0 Å². The number of thiophene rings is 1. The molecule has 1 aromatic heterocycles. The predicted octanol–water partition coefficient (Wildman–Crippen LogP) is 4.88. The Labute approximate surface area is 116 Å². The molecule has 0 unspecified atom stereocenters. The summed E-state index contributed by atoms with van der Waals surface area (Å²) in [6, 6.07) is 3.76. The largest absolute Gasteiger partial charge is 0.312 e. The van der Waals surface area contributed by atoms with Crippen LogP contribution in [0.3, 0.4) is 0 Å². The molecular weight excluding hydrogens is 273 g/mol. The summed E-state index contributed by atoms with van der Waals surface area (Å²) in [6.45, 7) is 6.14. The average Bonchev–Trinajstić information content (AvgIpc) is 2.71. The van der Waals surface area contributed by atoms with Gasteiger partial charge in [-0.2, -0.15) is 0 Å². The van der Waals surface area contributed by atoms with Crippen molar-refractivity contribution in [3.05, 3.63) is 32.6 Å². The summed E-state index contributed by atoms with van der Waals surface area (Å²) in [5.41, 5.74) is 1.33. The second kappa shape index (κ2) is 5.57. The van der Waals surface area contributed by atoms with E-state index in [1.165, 1.54) is 10.4 Å².